The summed E-state index contributed by atoms with van der Waals surface area (Å²) in [6.45, 7) is 2.15. The number of carbonyl (C=O) groups is 1. The van der Waals surface area contributed by atoms with E-state index in [0.717, 1.165) is 29.2 Å². The van der Waals surface area contributed by atoms with Crippen LogP contribution in [0.1, 0.15) is 22.1 Å². The molecule has 1 saturated heterocycles. The van der Waals surface area contributed by atoms with Crippen molar-refractivity contribution in [1.29, 1.82) is 0 Å². The lowest BCUT2D eigenvalue weighted by Gasteiger charge is -2.36. The average molecular weight is 354 g/mol. The largest absolute Gasteiger partial charge is 0.328 e. The van der Waals surface area contributed by atoms with Gasteiger partial charge >= 0.3 is 0 Å². The van der Waals surface area contributed by atoms with E-state index in [4.69, 9.17) is 0 Å². The van der Waals surface area contributed by atoms with Crippen molar-refractivity contribution in [1.82, 2.24) is 30.0 Å². The molecule has 0 aliphatic carbocycles. The van der Waals surface area contributed by atoms with Gasteiger partial charge in [-0.15, -0.1) is 11.3 Å². The molecule has 8 heteroatoms. The van der Waals surface area contributed by atoms with E-state index in [1.165, 1.54) is 11.3 Å². The van der Waals surface area contributed by atoms with Crippen LogP contribution in [0.5, 0.6) is 0 Å². The third-order valence-corrected chi connectivity index (χ3v) is 5.14. The second-order valence-corrected chi connectivity index (χ2v) is 6.80. The molecule has 3 aromatic heterocycles. The number of hydrogen-bond donors (Lipinski definition) is 1. The molecule has 1 unspecified atom stereocenters. The van der Waals surface area contributed by atoms with Crippen molar-refractivity contribution in [2.24, 2.45) is 7.05 Å². The van der Waals surface area contributed by atoms with E-state index in [1.807, 2.05) is 41.9 Å². The zero-order valence-corrected chi connectivity index (χ0v) is 14.6. The molecule has 0 aromatic carbocycles. The molecule has 3 aromatic rings. The van der Waals surface area contributed by atoms with Crippen molar-refractivity contribution in [3.8, 4) is 10.6 Å². The molecule has 1 amide bonds. The Morgan fingerprint density at radius 3 is 3.08 bits per heavy atom. The Morgan fingerprint density at radius 1 is 1.40 bits per heavy atom. The van der Waals surface area contributed by atoms with Gasteiger partial charge in [-0.1, -0.05) is 6.07 Å². The number of piperazine rings is 1. The number of aryl methyl sites for hydroxylation is 1. The summed E-state index contributed by atoms with van der Waals surface area (Å²) in [6.07, 6.45) is 7.22. The topological polar surface area (TPSA) is 75.9 Å². The highest BCUT2D eigenvalue weighted by Gasteiger charge is 2.30. The van der Waals surface area contributed by atoms with E-state index < -0.39 is 0 Å². The Morgan fingerprint density at radius 2 is 2.32 bits per heavy atom. The minimum atomic E-state index is -0.0401. The molecule has 1 aliphatic heterocycles. The predicted octanol–water partition coefficient (Wildman–Crippen LogP) is 1.73. The third-order valence-electron chi connectivity index (χ3n) is 4.25. The number of pyridine rings is 1. The Bertz CT molecular complexity index is 874. The van der Waals surface area contributed by atoms with Crippen LogP contribution in [0.4, 0.5) is 0 Å². The van der Waals surface area contributed by atoms with Gasteiger partial charge in [0.15, 0.2) is 0 Å². The maximum absolute atomic E-state index is 13.0. The molecule has 7 nitrogen and oxygen atoms in total. The lowest BCUT2D eigenvalue weighted by Crippen LogP contribution is -2.48. The predicted molar refractivity (Wildman–Crippen MR) is 95.2 cm³/mol. The monoisotopic (exact) mass is 354 g/mol. The van der Waals surface area contributed by atoms with Crippen LogP contribution in [-0.4, -0.2) is 50.2 Å². The van der Waals surface area contributed by atoms with Crippen molar-refractivity contribution in [3.05, 3.63) is 53.6 Å². The maximum atomic E-state index is 13.0. The summed E-state index contributed by atoms with van der Waals surface area (Å²) < 4.78 is 1.73. The van der Waals surface area contributed by atoms with Crippen molar-refractivity contribution in [3.63, 3.8) is 0 Å². The molecule has 0 radical (unpaired) electrons. The smallest absolute Gasteiger partial charge is 0.273 e. The fraction of sp³-hybridized carbons (Fsp3) is 0.294. The summed E-state index contributed by atoms with van der Waals surface area (Å²) >= 11 is 1.47. The van der Waals surface area contributed by atoms with Crippen LogP contribution in [0.15, 0.2) is 42.3 Å². The molecule has 1 atom stereocenters. The zero-order valence-electron chi connectivity index (χ0n) is 13.8. The van der Waals surface area contributed by atoms with E-state index in [-0.39, 0.29) is 11.9 Å². The zero-order chi connectivity index (χ0) is 17.2. The lowest BCUT2D eigenvalue weighted by atomic mass is 10.0. The summed E-state index contributed by atoms with van der Waals surface area (Å²) in [5.41, 5.74) is 2.45. The molecule has 0 spiro atoms. The van der Waals surface area contributed by atoms with Crippen LogP contribution in [-0.2, 0) is 7.05 Å². The Labute approximate surface area is 149 Å². The molecule has 1 N–H and O–H groups in total. The van der Waals surface area contributed by atoms with Crippen LogP contribution in [0.3, 0.4) is 0 Å². The highest BCUT2D eigenvalue weighted by Crippen LogP contribution is 2.27. The van der Waals surface area contributed by atoms with Gasteiger partial charge in [0, 0.05) is 56.2 Å². The molecule has 128 valence electrons. The van der Waals surface area contributed by atoms with E-state index in [1.54, 1.807) is 17.1 Å². The molecule has 0 bridgehead atoms. The van der Waals surface area contributed by atoms with Crippen molar-refractivity contribution in [2.75, 3.05) is 19.6 Å². The van der Waals surface area contributed by atoms with Crippen LogP contribution in [0, 0.1) is 0 Å². The van der Waals surface area contributed by atoms with E-state index in [9.17, 15) is 4.79 Å². The first-order valence-electron chi connectivity index (χ1n) is 8.08. The van der Waals surface area contributed by atoms with Gasteiger partial charge in [0.25, 0.3) is 5.91 Å². The Balaban J connectivity index is 1.60. The molecule has 0 saturated carbocycles. The van der Waals surface area contributed by atoms with Crippen LogP contribution in [0.2, 0.25) is 0 Å². The van der Waals surface area contributed by atoms with Gasteiger partial charge in [-0.25, -0.2) is 4.98 Å². The van der Waals surface area contributed by atoms with E-state index in [0.29, 0.717) is 12.2 Å². The highest BCUT2D eigenvalue weighted by atomic mass is 32.1. The number of hydrogen-bond acceptors (Lipinski definition) is 6. The molecule has 4 rings (SSSR count). The molecule has 1 fully saturated rings. The normalized spacial score (nSPS) is 17.6. The van der Waals surface area contributed by atoms with Crippen LogP contribution in [0.25, 0.3) is 10.6 Å². The second-order valence-electron chi connectivity index (χ2n) is 5.95. The Kier molecular flexibility index (Phi) is 4.29. The lowest BCUT2D eigenvalue weighted by molar-refractivity contribution is 0.0629. The summed E-state index contributed by atoms with van der Waals surface area (Å²) in [6, 6.07) is 3.88. The molecule has 1 aliphatic rings. The first-order chi connectivity index (χ1) is 12.2. The molecular formula is C17H18N6OS. The molecule has 4 heterocycles. The first-order valence-corrected chi connectivity index (χ1v) is 8.96. The van der Waals surface area contributed by atoms with Gasteiger partial charge in [-0.3, -0.25) is 14.5 Å². The van der Waals surface area contributed by atoms with Crippen molar-refractivity contribution in [2.45, 2.75) is 6.04 Å². The van der Waals surface area contributed by atoms with E-state index in [2.05, 4.69) is 20.4 Å². The minimum absolute atomic E-state index is 0.0292. The second kappa shape index (κ2) is 6.73. The van der Waals surface area contributed by atoms with Crippen LogP contribution >= 0.6 is 11.3 Å². The SMILES string of the molecule is Cn1cc(-c2nc(C(=O)N3CCNCC3c3cccnc3)cs2)cn1. The molecular weight excluding hydrogens is 336 g/mol. The fourth-order valence-corrected chi connectivity index (χ4v) is 3.77. The number of thiazole rings is 1. The van der Waals surface area contributed by atoms with Gasteiger partial charge in [-0.05, 0) is 11.6 Å². The van der Waals surface area contributed by atoms with Crippen molar-refractivity contribution < 1.29 is 4.79 Å². The van der Waals surface area contributed by atoms with Gasteiger partial charge < -0.3 is 10.2 Å². The maximum Gasteiger partial charge on any atom is 0.273 e. The number of carbonyl (C=O) groups excluding carboxylic acids is 1. The third kappa shape index (κ3) is 3.18. The summed E-state index contributed by atoms with van der Waals surface area (Å²) in [4.78, 5) is 23.6. The van der Waals surface area contributed by atoms with Gasteiger partial charge in [0.05, 0.1) is 12.2 Å². The summed E-state index contributed by atoms with van der Waals surface area (Å²) in [7, 11) is 1.86. The highest BCUT2D eigenvalue weighted by molar-refractivity contribution is 7.13. The fourth-order valence-electron chi connectivity index (χ4n) is 3.00. The minimum Gasteiger partial charge on any atom is -0.328 e. The van der Waals surface area contributed by atoms with Gasteiger partial charge in [-0.2, -0.15) is 5.10 Å². The number of nitrogens with one attached hydrogen (secondary N) is 1. The standard InChI is InChI=1S/C17H18N6OS/c1-22-10-13(8-20-22)16-21-14(11-25-16)17(24)23-6-5-19-9-15(23)12-3-2-4-18-7-12/h2-4,7-8,10-11,15,19H,5-6,9H2,1H3. The van der Waals surface area contributed by atoms with Crippen LogP contribution < -0.4 is 5.32 Å². The Hall–Kier alpha value is -2.58. The number of amides is 1. The average Bonchev–Trinajstić information content (AvgIpc) is 3.31. The van der Waals surface area contributed by atoms with Gasteiger partial charge in [0.2, 0.25) is 0 Å². The summed E-state index contributed by atoms with van der Waals surface area (Å²) in [5.74, 6) is -0.0401. The summed E-state index contributed by atoms with van der Waals surface area (Å²) in [5, 5.41) is 10.2. The van der Waals surface area contributed by atoms with E-state index >= 15 is 0 Å². The van der Waals surface area contributed by atoms with Gasteiger partial charge in [0.1, 0.15) is 10.7 Å². The number of nitrogens with zero attached hydrogens (tertiary/aromatic N) is 5. The number of rotatable bonds is 3. The molecule has 25 heavy (non-hydrogen) atoms. The van der Waals surface area contributed by atoms with Crippen molar-refractivity contribution >= 4 is 17.2 Å². The number of aromatic nitrogens is 4. The first kappa shape index (κ1) is 15.9. The quantitative estimate of drug-likeness (QED) is 0.775.